The molecule has 3 fully saturated rings. The summed E-state index contributed by atoms with van der Waals surface area (Å²) in [6.45, 7) is 8.41. The third kappa shape index (κ3) is 4.04. The summed E-state index contributed by atoms with van der Waals surface area (Å²) in [6.07, 6.45) is 9.14. The van der Waals surface area contributed by atoms with Gasteiger partial charge in [-0.1, -0.05) is 51.5 Å². The van der Waals surface area contributed by atoms with Crippen LogP contribution in [0.5, 0.6) is 0 Å². The molecule has 0 amide bonds. The van der Waals surface area contributed by atoms with Crippen LogP contribution in [0.1, 0.15) is 71.3 Å². The van der Waals surface area contributed by atoms with Crippen LogP contribution in [-0.2, 0) is 4.79 Å². The average molecular weight is 492 g/mol. The lowest BCUT2D eigenvalue weighted by Crippen LogP contribution is -2.60. The molecule has 3 saturated carbocycles. The van der Waals surface area contributed by atoms with Crippen LogP contribution in [0.2, 0.25) is 0 Å². The molecule has 1 aromatic rings. The maximum absolute atomic E-state index is 12.4. The van der Waals surface area contributed by atoms with E-state index < -0.39 is 24.2 Å². The van der Waals surface area contributed by atoms with E-state index in [1.54, 1.807) is 0 Å². The van der Waals surface area contributed by atoms with Crippen LogP contribution in [0.25, 0.3) is 0 Å². The van der Waals surface area contributed by atoms with Gasteiger partial charge in [-0.15, -0.1) is 0 Å². The summed E-state index contributed by atoms with van der Waals surface area (Å²) < 4.78 is 0. The Labute approximate surface area is 215 Å². The topological polar surface area (TPSA) is 90.1 Å². The molecule has 0 aromatic heterocycles. The summed E-state index contributed by atoms with van der Waals surface area (Å²) >= 11 is 0. The number of Topliss-reactive ketones (excluding diaryl/α,β-unsaturated/α-hetero) is 1. The number of hydrogen-bond acceptors (Lipinski definition) is 5. The minimum atomic E-state index is -1.21. The van der Waals surface area contributed by atoms with E-state index in [1.807, 2.05) is 0 Å². The maximum atomic E-state index is 12.4. The third-order valence-corrected chi connectivity index (χ3v) is 10.2. The molecule has 0 saturated heterocycles. The first-order valence-electron chi connectivity index (χ1n) is 13.7. The summed E-state index contributed by atoms with van der Waals surface area (Å²) in [7, 11) is 0. The van der Waals surface area contributed by atoms with Crippen LogP contribution in [-0.4, -0.2) is 45.1 Å². The van der Waals surface area contributed by atoms with E-state index in [-0.39, 0.29) is 35.4 Å². The average Bonchev–Trinajstić information content (AvgIpc) is 3.20. The van der Waals surface area contributed by atoms with Gasteiger partial charge in [-0.2, -0.15) is 0 Å². The molecule has 0 bridgehead atoms. The van der Waals surface area contributed by atoms with E-state index in [0.29, 0.717) is 18.3 Å². The number of carbonyl (C=O) groups is 1. The normalized spacial score (nSPS) is 39.4. The second-order valence-electron chi connectivity index (χ2n) is 12.3. The quantitative estimate of drug-likeness (QED) is 0.533. The van der Waals surface area contributed by atoms with Gasteiger partial charge in [0.05, 0.1) is 23.1 Å². The van der Waals surface area contributed by atoms with Crippen LogP contribution in [0.15, 0.2) is 53.1 Å². The fraction of sp³-hybridized carbons (Fsp3) is 0.613. The molecule has 5 rings (SSSR count). The van der Waals surface area contributed by atoms with Crippen molar-refractivity contribution in [3.8, 4) is 0 Å². The van der Waals surface area contributed by atoms with Crippen molar-refractivity contribution < 1.29 is 20.1 Å². The number of rotatable bonds is 5. The van der Waals surface area contributed by atoms with Gasteiger partial charge in [0.2, 0.25) is 0 Å². The van der Waals surface area contributed by atoms with Gasteiger partial charge in [-0.3, -0.25) is 4.79 Å². The second kappa shape index (κ2) is 9.34. The number of carbonyl (C=O) groups excluding carboxylic acids is 1. The molecule has 5 nitrogen and oxygen atoms in total. The molecule has 36 heavy (non-hydrogen) atoms. The first kappa shape index (κ1) is 25.6. The van der Waals surface area contributed by atoms with Crippen molar-refractivity contribution in [3.63, 3.8) is 0 Å². The molecule has 4 aliphatic carbocycles. The van der Waals surface area contributed by atoms with E-state index in [1.165, 1.54) is 11.1 Å². The lowest BCUT2D eigenvalue weighted by atomic mass is 9.49. The number of benzene rings is 1. The maximum Gasteiger partial charge on any atom is 0.164 e. The lowest BCUT2D eigenvalue weighted by Gasteiger charge is -2.58. The number of allylic oxidation sites excluding steroid dienone is 4. The standard InChI is InChI=1S/C31H41NO4/c1-18(2)19(3)20-5-8-22(9-6-20)32-23-13-14-30(4)21(15-23)7-10-24-25-11-12-26(28(35)17-33)31(25,36)16-27(34)29(24)30/h5-6,8-9,13-15,18-19,24-27,29,33-34,36H,7,10-12,16-17H2,1-4H3. The van der Waals surface area contributed by atoms with Gasteiger partial charge in [0.15, 0.2) is 5.78 Å². The summed E-state index contributed by atoms with van der Waals surface area (Å²) in [5, 5.41) is 32.4. The highest BCUT2D eigenvalue weighted by molar-refractivity contribution is 6.07. The summed E-state index contributed by atoms with van der Waals surface area (Å²) in [5.41, 5.74) is 3.00. The molecule has 194 valence electrons. The second-order valence-corrected chi connectivity index (χ2v) is 12.3. The third-order valence-electron chi connectivity index (χ3n) is 10.2. The highest BCUT2D eigenvalue weighted by atomic mass is 16.3. The summed E-state index contributed by atoms with van der Waals surface area (Å²) in [4.78, 5) is 17.3. The Hall–Kier alpha value is -2.08. The largest absolute Gasteiger partial charge is 0.393 e. The zero-order valence-corrected chi connectivity index (χ0v) is 22.0. The number of aliphatic hydroxyl groups excluding tert-OH is 2. The van der Waals surface area contributed by atoms with E-state index >= 15 is 0 Å². The lowest BCUT2D eigenvalue weighted by molar-refractivity contribution is -0.173. The zero-order valence-electron chi connectivity index (χ0n) is 22.0. The highest BCUT2D eigenvalue weighted by Crippen LogP contribution is 2.63. The minimum absolute atomic E-state index is 0.000332. The van der Waals surface area contributed by atoms with Gasteiger partial charge in [-0.25, -0.2) is 4.99 Å². The van der Waals surface area contributed by atoms with Crippen molar-refractivity contribution in [2.75, 3.05) is 6.61 Å². The summed E-state index contributed by atoms with van der Waals surface area (Å²) in [5.74, 6) is 0.381. The Morgan fingerprint density at radius 2 is 1.86 bits per heavy atom. The summed E-state index contributed by atoms with van der Waals surface area (Å²) in [6, 6.07) is 8.53. The Kier molecular flexibility index (Phi) is 6.63. The highest BCUT2D eigenvalue weighted by Gasteiger charge is 2.63. The molecule has 8 atom stereocenters. The van der Waals surface area contributed by atoms with Crippen molar-refractivity contribution >= 4 is 17.2 Å². The number of aliphatic hydroxyl groups is 3. The molecule has 0 spiro atoms. The molecule has 0 radical (unpaired) electrons. The predicted octanol–water partition coefficient (Wildman–Crippen LogP) is 5.13. The van der Waals surface area contributed by atoms with Gasteiger partial charge in [-0.05, 0) is 79.2 Å². The molecule has 4 aliphatic rings. The Balaban J connectivity index is 1.39. The molecule has 1 aromatic carbocycles. The van der Waals surface area contributed by atoms with Crippen molar-refractivity contribution in [1.29, 1.82) is 0 Å². The van der Waals surface area contributed by atoms with Crippen LogP contribution < -0.4 is 0 Å². The first-order chi connectivity index (χ1) is 17.1. The van der Waals surface area contributed by atoms with Crippen molar-refractivity contribution in [3.05, 3.63) is 53.6 Å². The van der Waals surface area contributed by atoms with Gasteiger partial charge in [0.1, 0.15) is 6.61 Å². The molecule has 5 heteroatoms. The van der Waals surface area contributed by atoms with E-state index in [2.05, 4.69) is 70.2 Å². The van der Waals surface area contributed by atoms with Crippen LogP contribution in [0.3, 0.4) is 0 Å². The van der Waals surface area contributed by atoms with Crippen molar-refractivity contribution in [1.82, 2.24) is 0 Å². The smallest absolute Gasteiger partial charge is 0.164 e. The Morgan fingerprint density at radius 3 is 2.53 bits per heavy atom. The molecule has 0 aliphatic heterocycles. The molecular weight excluding hydrogens is 450 g/mol. The molecule has 3 N–H and O–H groups in total. The molecular formula is C31H41NO4. The molecule has 8 unspecified atom stereocenters. The molecule has 0 heterocycles. The van der Waals surface area contributed by atoms with E-state index in [0.717, 1.165) is 30.7 Å². The van der Waals surface area contributed by atoms with Gasteiger partial charge >= 0.3 is 0 Å². The first-order valence-corrected chi connectivity index (χ1v) is 13.7. The van der Waals surface area contributed by atoms with E-state index in [4.69, 9.17) is 4.99 Å². The zero-order chi connectivity index (χ0) is 25.8. The number of fused-ring (bicyclic) bond motifs is 5. The number of hydrogen-bond donors (Lipinski definition) is 3. The van der Waals surface area contributed by atoms with Gasteiger partial charge in [0.25, 0.3) is 0 Å². The van der Waals surface area contributed by atoms with Crippen molar-refractivity contribution in [2.24, 2.45) is 40.0 Å². The Bertz CT molecular complexity index is 1100. The van der Waals surface area contributed by atoms with E-state index in [9.17, 15) is 20.1 Å². The van der Waals surface area contributed by atoms with Gasteiger partial charge in [0, 0.05) is 23.7 Å². The minimum Gasteiger partial charge on any atom is -0.393 e. The van der Waals surface area contributed by atoms with Gasteiger partial charge < -0.3 is 15.3 Å². The van der Waals surface area contributed by atoms with Crippen LogP contribution >= 0.6 is 0 Å². The van der Waals surface area contributed by atoms with Crippen molar-refractivity contribution in [2.45, 2.75) is 77.4 Å². The number of ketones is 1. The predicted molar refractivity (Wildman–Crippen MR) is 142 cm³/mol. The SMILES string of the molecule is CC(C)C(C)c1ccc(N=C2C=CC3(C)C(=C2)CCC2C3C(O)CC3(O)C(C(=O)CO)CCC23)cc1. The Morgan fingerprint density at radius 1 is 1.14 bits per heavy atom. The number of nitrogens with zero attached hydrogens (tertiary/aromatic N) is 1. The fourth-order valence-corrected chi connectivity index (χ4v) is 7.95. The monoisotopic (exact) mass is 491 g/mol. The van der Waals surface area contributed by atoms with Crippen LogP contribution in [0, 0.1) is 35.0 Å². The van der Waals surface area contributed by atoms with Crippen LogP contribution in [0.4, 0.5) is 5.69 Å². The number of aliphatic imine (C=N–C) groups is 1. The fourth-order valence-electron chi connectivity index (χ4n) is 7.95.